The Kier molecular flexibility index (Phi) is 2.79. The molecule has 1 aromatic heterocycles. The van der Waals surface area contributed by atoms with Gasteiger partial charge in [-0.2, -0.15) is 5.10 Å². The van der Waals surface area contributed by atoms with Gasteiger partial charge in [0.15, 0.2) is 5.82 Å². The van der Waals surface area contributed by atoms with Gasteiger partial charge in [0.1, 0.15) is 0 Å². The van der Waals surface area contributed by atoms with E-state index in [0.717, 1.165) is 0 Å². The number of hydrogen-bond donors (Lipinski definition) is 2. The third-order valence-electron chi connectivity index (χ3n) is 1.41. The zero-order valence-electron chi connectivity index (χ0n) is 7.61. The van der Waals surface area contributed by atoms with Gasteiger partial charge in [-0.1, -0.05) is 0 Å². The molecule has 0 bridgehead atoms. The van der Waals surface area contributed by atoms with Crippen molar-refractivity contribution in [1.29, 1.82) is 0 Å². The quantitative estimate of drug-likeness (QED) is 0.705. The van der Waals surface area contributed by atoms with Gasteiger partial charge in [-0.15, -0.1) is 5.10 Å². The van der Waals surface area contributed by atoms with Crippen molar-refractivity contribution in [3.05, 3.63) is 17.8 Å². The van der Waals surface area contributed by atoms with E-state index in [1.165, 1.54) is 6.20 Å². The lowest BCUT2D eigenvalue weighted by Gasteiger charge is -2.09. The van der Waals surface area contributed by atoms with Crippen molar-refractivity contribution < 1.29 is 4.79 Å². The highest BCUT2D eigenvalue weighted by Gasteiger charge is 2.09. The predicted molar refractivity (Wildman–Crippen MR) is 49.3 cm³/mol. The number of nitrogens with two attached hydrogens (primary N) is 1. The van der Waals surface area contributed by atoms with Gasteiger partial charge in [-0.05, 0) is 19.9 Å². The summed E-state index contributed by atoms with van der Waals surface area (Å²) in [6.45, 7) is 3.89. The number of carbonyl (C=O) groups excluding carboxylic acids is 1. The largest absolute Gasteiger partial charge is 0.366 e. The molecule has 0 radical (unpaired) electrons. The molecule has 0 saturated heterocycles. The van der Waals surface area contributed by atoms with Crippen LogP contribution in [0.4, 0.5) is 5.82 Å². The van der Waals surface area contributed by atoms with Gasteiger partial charge in [0.2, 0.25) is 0 Å². The maximum absolute atomic E-state index is 10.9. The van der Waals surface area contributed by atoms with Gasteiger partial charge in [-0.3, -0.25) is 4.79 Å². The Morgan fingerprint density at radius 1 is 1.62 bits per heavy atom. The number of primary amides is 1. The maximum Gasteiger partial charge on any atom is 0.252 e. The normalized spacial score (nSPS) is 10.1. The van der Waals surface area contributed by atoms with Gasteiger partial charge in [0.25, 0.3) is 5.91 Å². The molecule has 0 fully saturated rings. The number of anilines is 1. The molecule has 1 rings (SSSR count). The standard InChI is InChI=1S/C8H12N4O/c1-5(2)11-8-6(7(9)13)3-4-10-12-8/h3-5H,1-2H3,(H2,9,13)(H,11,12). The van der Waals surface area contributed by atoms with E-state index >= 15 is 0 Å². The molecule has 0 atom stereocenters. The number of nitrogens with one attached hydrogen (secondary N) is 1. The number of carbonyl (C=O) groups is 1. The highest BCUT2D eigenvalue weighted by Crippen LogP contribution is 2.09. The summed E-state index contributed by atoms with van der Waals surface area (Å²) in [7, 11) is 0. The van der Waals surface area contributed by atoms with Crippen LogP contribution < -0.4 is 11.1 Å². The topological polar surface area (TPSA) is 80.9 Å². The molecular weight excluding hydrogens is 168 g/mol. The Morgan fingerprint density at radius 2 is 2.31 bits per heavy atom. The average Bonchev–Trinajstić information content (AvgIpc) is 2.03. The van der Waals surface area contributed by atoms with Crippen LogP contribution in [0.25, 0.3) is 0 Å². The van der Waals surface area contributed by atoms with Crippen LogP contribution in [-0.2, 0) is 0 Å². The van der Waals surface area contributed by atoms with E-state index in [-0.39, 0.29) is 6.04 Å². The average molecular weight is 180 g/mol. The highest BCUT2D eigenvalue weighted by atomic mass is 16.1. The van der Waals surface area contributed by atoms with Crippen molar-refractivity contribution in [1.82, 2.24) is 10.2 Å². The lowest BCUT2D eigenvalue weighted by atomic mass is 10.2. The third-order valence-corrected chi connectivity index (χ3v) is 1.41. The van der Waals surface area contributed by atoms with Crippen molar-refractivity contribution in [2.45, 2.75) is 19.9 Å². The first-order valence-electron chi connectivity index (χ1n) is 3.99. The summed E-state index contributed by atoms with van der Waals surface area (Å²) in [5.74, 6) is -0.0666. The van der Waals surface area contributed by atoms with Crippen LogP contribution in [0.2, 0.25) is 0 Å². The fourth-order valence-electron chi connectivity index (χ4n) is 0.911. The summed E-state index contributed by atoms with van der Waals surface area (Å²) in [5, 5.41) is 10.4. The number of amides is 1. The molecule has 1 aromatic rings. The summed E-state index contributed by atoms with van der Waals surface area (Å²) in [5.41, 5.74) is 5.51. The van der Waals surface area contributed by atoms with Gasteiger partial charge >= 0.3 is 0 Å². The van der Waals surface area contributed by atoms with Crippen LogP contribution in [-0.4, -0.2) is 22.1 Å². The Morgan fingerprint density at radius 3 is 2.85 bits per heavy atom. The molecule has 0 aliphatic heterocycles. The Hall–Kier alpha value is -1.65. The van der Waals surface area contributed by atoms with E-state index in [1.807, 2.05) is 13.8 Å². The van der Waals surface area contributed by atoms with Crippen LogP contribution >= 0.6 is 0 Å². The van der Waals surface area contributed by atoms with Gasteiger partial charge < -0.3 is 11.1 Å². The second kappa shape index (κ2) is 3.84. The molecule has 1 heterocycles. The summed E-state index contributed by atoms with van der Waals surface area (Å²) < 4.78 is 0. The molecule has 0 saturated carbocycles. The highest BCUT2D eigenvalue weighted by molar-refractivity contribution is 5.97. The summed E-state index contributed by atoms with van der Waals surface area (Å²) >= 11 is 0. The van der Waals surface area contributed by atoms with Gasteiger partial charge in [-0.25, -0.2) is 0 Å². The molecule has 0 aromatic carbocycles. The molecule has 5 nitrogen and oxygen atoms in total. The molecule has 0 spiro atoms. The molecule has 0 aliphatic carbocycles. The molecule has 13 heavy (non-hydrogen) atoms. The monoisotopic (exact) mass is 180 g/mol. The minimum Gasteiger partial charge on any atom is -0.366 e. The zero-order valence-corrected chi connectivity index (χ0v) is 7.61. The van der Waals surface area contributed by atoms with Crippen molar-refractivity contribution >= 4 is 11.7 Å². The summed E-state index contributed by atoms with van der Waals surface area (Å²) in [4.78, 5) is 10.9. The SMILES string of the molecule is CC(C)Nc1nnccc1C(N)=O. The maximum atomic E-state index is 10.9. The van der Waals surface area contributed by atoms with E-state index in [9.17, 15) is 4.79 Å². The van der Waals surface area contributed by atoms with Crippen LogP contribution in [0.5, 0.6) is 0 Å². The lowest BCUT2D eigenvalue weighted by molar-refractivity contribution is 0.100. The molecule has 0 unspecified atom stereocenters. The number of aromatic nitrogens is 2. The molecule has 5 heteroatoms. The second-order valence-corrected chi connectivity index (χ2v) is 2.96. The smallest absolute Gasteiger partial charge is 0.252 e. The fourth-order valence-corrected chi connectivity index (χ4v) is 0.911. The third kappa shape index (κ3) is 2.40. The first-order chi connectivity index (χ1) is 6.11. The lowest BCUT2D eigenvalue weighted by Crippen LogP contribution is -2.19. The molecule has 70 valence electrons. The van der Waals surface area contributed by atoms with E-state index in [1.54, 1.807) is 6.07 Å². The zero-order chi connectivity index (χ0) is 9.84. The number of nitrogens with zero attached hydrogens (tertiary/aromatic N) is 2. The summed E-state index contributed by atoms with van der Waals surface area (Å²) in [6.07, 6.45) is 1.44. The van der Waals surface area contributed by atoms with Crippen molar-refractivity contribution in [2.75, 3.05) is 5.32 Å². The van der Waals surface area contributed by atoms with Crippen molar-refractivity contribution in [3.63, 3.8) is 0 Å². The van der Waals surface area contributed by atoms with Crippen LogP contribution in [0.3, 0.4) is 0 Å². The number of rotatable bonds is 3. The fraction of sp³-hybridized carbons (Fsp3) is 0.375. The molecule has 1 amide bonds. The van der Waals surface area contributed by atoms with E-state index in [0.29, 0.717) is 11.4 Å². The van der Waals surface area contributed by atoms with Crippen molar-refractivity contribution in [2.24, 2.45) is 5.73 Å². The van der Waals surface area contributed by atoms with Crippen molar-refractivity contribution in [3.8, 4) is 0 Å². The first kappa shape index (κ1) is 9.44. The van der Waals surface area contributed by atoms with Gasteiger partial charge in [0.05, 0.1) is 11.8 Å². The minimum absolute atomic E-state index is 0.190. The van der Waals surface area contributed by atoms with Crippen LogP contribution in [0.15, 0.2) is 12.3 Å². The van der Waals surface area contributed by atoms with E-state index in [2.05, 4.69) is 15.5 Å². The number of hydrogen-bond acceptors (Lipinski definition) is 4. The van der Waals surface area contributed by atoms with E-state index < -0.39 is 5.91 Å². The predicted octanol–water partition coefficient (Wildman–Crippen LogP) is 0.396. The Labute approximate surface area is 76.4 Å². The van der Waals surface area contributed by atoms with Gasteiger partial charge in [0, 0.05) is 6.04 Å². The first-order valence-corrected chi connectivity index (χ1v) is 3.99. The Balaban J connectivity index is 2.98. The van der Waals surface area contributed by atoms with Crippen LogP contribution in [0.1, 0.15) is 24.2 Å². The molecule has 3 N–H and O–H groups in total. The Bertz CT molecular complexity index is 311. The van der Waals surface area contributed by atoms with E-state index in [4.69, 9.17) is 5.73 Å². The second-order valence-electron chi connectivity index (χ2n) is 2.96. The minimum atomic E-state index is -0.502. The summed E-state index contributed by atoms with van der Waals surface area (Å²) in [6, 6.07) is 1.73. The molecular formula is C8H12N4O. The van der Waals surface area contributed by atoms with Crippen LogP contribution in [0, 0.1) is 0 Å². The molecule has 0 aliphatic rings.